The average molecular weight is 258 g/mol. The molecule has 0 rings (SSSR count). The number of unbranched alkanes of at least 4 members (excludes halogenated alkanes) is 1. The molecule has 0 bridgehead atoms. The lowest BCUT2D eigenvalue weighted by Crippen LogP contribution is -2.33. The summed E-state index contributed by atoms with van der Waals surface area (Å²) in [5, 5.41) is 0. The molecule has 4 N–H and O–H groups in total. The van der Waals surface area contributed by atoms with E-state index in [1.54, 1.807) is 4.90 Å². The number of guanidine groups is 1. The van der Waals surface area contributed by atoms with Gasteiger partial charge in [-0.15, -0.1) is 0 Å². The molecule has 0 amide bonds. The number of carbonyl (C=O) groups excluding carboxylic acids is 1. The van der Waals surface area contributed by atoms with Gasteiger partial charge in [0, 0.05) is 20.6 Å². The van der Waals surface area contributed by atoms with Crippen molar-refractivity contribution in [2.45, 2.75) is 38.6 Å². The maximum atomic E-state index is 11.4. The van der Waals surface area contributed by atoms with E-state index in [0.717, 1.165) is 19.3 Å². The molecular weight excluding hydrogens is 232 g/mol. The molecule has 0 aromatic rings. The summed E-state index contributed by atoms with van der Waals surface area (Å²) in [4.78, 5) is 17.3. The van der Waals surface area contributed by atoms with E-state index < -0.39 is 6.04 Å². The Morgan fingerprint density at radius 1 is 1.39 bits per heavy atom. The Bertz CT molecular complexity index is 267. The largest absolute Gasteiger partial charge is 0.465 e. The maximum absolute atomic E-state index is 11.4. The van der Waals surface area contributed by atoms with Crippen LogP contribution in [-0.2, 0) is 9.53 Å². The molecule has 0 aliphatic carbocycles. The summed E-state index contributed by atoms with van der Waals surface area (Å²) in [5.41, 5.74) is 11.3. The van der Waals surface area contributed by atoms with Gasteiger partial charge in [0.05, 0.1) is 6.61 Å². The van der Waals surface area contributed by atoms with Gasteiger partial charge < -0.3 is 21.1 Å². The second kappa shape index (κ2) is 9.70. The zero-order chi connectivity index (χ0) is 14.0. The minimum Gasteiger partial charge on any atom is -0.465 e. The first-order valence-electron chi connectivity index (χ1n) is 6.38. The third-order valence-corrected chi connectivity index (χ3v) is 2.45. The van der Waals surface area contributed by atoms with Crippen molar-refractivity contribution >= 4 is 11.9 Å². The lowest BCUT2D eigenvalue weighted by molar-refractivity contribution is -0.145. The van der Waals surface area contributed by atoms with Crippen molar-refractivity contribution in [2.75, 3.05) is 27.2 Å². The summed E-state index contributed by atoms with van der Waals surface area (Å²) in [6, 6.07) is -0.558. The minimum absolute atomic E-state index is 0.326. The smallest absolute Gasteiger partial charge is 0.322 e. The highest BCUT2D eigenvalue weighted by Crippen LogP contribution is 1.99. The van der Waals surface area contributed by atoms with E-state index in [2.05, 4.69) is 4.99 Å². The fourth-order valence-electron chi connectivity index (χ4n) is 1.19. The van der Waals surface area contributed by atoms with Crippen molar-refractivity contribution in [3.8, 4) is 0 Å². The lowest BCUT2D eigenvalue weighted by atomic mass is 10.2. The van der Waals surface area contributed by atoms with Crippen LogP contribution in [0.1, 0.15) is 32.6 Å². The molecule has 1 atom stereocenters. The Morgan fingerprint density at radius 2 is 2.06 bits per heavy atom. The van der Waals surface area contributed by atoms with Crippen molar-refractivity contribution in [3.63, 3.8) is 0 Å². The molecular formula is C12H26N4O2. The Labute approximate surface area is 109 Å². The molecule has 0 spiro atoms. The minimum atomic E-state index is -0.558. The monoisotopic (exact) mass is 258 g/mol. The summed E-state index contributed by atoms with van der Waals surface area (Å²) in [6.07, 6.45) is 3.16. The molecule has 1 unspecified atom stereocenters. The van der Waals surface area contributed by atoms with Crippen molar-refractivity contribution in [2.24, 2.45) is 16.5 Å². The van der Waals surface area contributed by atoms with Crippen LogP contribution in [-0.4, -0.2) is 50.1 Å². The second-order valence-electron chi connectivity index (χ2n) is 4.40. The van der Waals surface area contributed by atoms with Gasteiger partial charge in [-0.1, -0.05) is 13.3 Å². The van der Waals surface area contributed by atoms with Crippen molar-refractivity contribution in [1.82, 2.24) is 4.90 Å². The fourth-order valence-corrected chi connectivity index (χ4v) is 1.19. The topological polar surface area (TPSA) is 93.9 Å². The number of esters is 1. The lowest BCUT2D eigenvalue weighted by Gasteiger charge is -2.12. The summed E-state index contributed by atoms with van der Waals surface area (Å²) in [5.74, 6) is 0.155. The van der Waals surface area contributed by atoms with Gasteiger partial charge in [-0.25, -0.2) is 0 Å². The van der Waals surface area contributed by atoms with Crippen LogP contribution in [0, 0.1) is 0 Å². The zero-order valence-electron chi connectivity index (χ0n) is 11.7. The summed E-state index contributed by atoms with van der Waals surface area (Å²) in [6.45, 7) is 3.07. The van der Waals surface area contributed by atoms with Gasteiger partial charge >= 0.3 is 5.97 Å². The van der Waals surface area contributed by atoms with Gasteiger partial charge in [-0.3, -0.25) is 9.79 Å². The highest BCUT2D eigenvalue weighted by Gasteiger charge is 2.13. The van der Waals surface area contributed by atoms with Gasteiger partial charge in [0.2, 0.25) is 0 Å². The molecule has 18 heavy (non-hydrogen) atoms. The first-order valence-corrected chi connectivity index (χ1v) is 6.38. The number of nitrogens with two attached hydrogens (primary N) is 2. The second-order valence-corrected chi connectivity index (χ2v) is 4.40. The van der Waals surface area contributed by atoms with Crippen molar-refractivity contribution in [1.29, 1.82) is 0 Å². The van der Waals surface area contributed by atoms with E-state index in [1.165, 1.54) is 0 Å². The van der Waals surface area contributed by atoms with Crippen LogP contribution in [0.2, 0.25) is 0 Å². The van der Waals surface area contributed by atoms with Crippen molar-refractivity contribution in [3.05, 3.63) is 0 Å². The predicted molar refractivity (Wildman–Crippen MR) is 73.3 cm³/mol. The predicted octanol–water partition coefficient (Wildman–Crippen LogP) is 0.314. The van der Waals surface area contributed by atoms with E-state index in [4.69, 9.17) is 16.2 Å². The van der Waals surface area contributed by atoms with Gasteiger partial charge in [0.25, 0.3) is 0 Å². The van der Waals surface area contributed by atoms with Crippen LogP contribution in [0.15, 0.2) is 4.99 Å². The molecule has 0 saturated carbocycles. The Kier molecular flexibility index (Phi) is 9.00. The van der Waals surface area contributed by atoms with Gasteiger partial charge in [0.1, 0.15) is 6.04 Å². The van der Waals surface area contributed by atoms with Gasteiger partial charge in [-0.05, 0) is 19.3 Å². The van der Waals surface area contributed by atoms with Crippen LogP contribution in [0.5, 0.6) is 0 Å². The number of nitrogens with zero attached hydrogens (tertiary/aromatic N) is 2. The van der Waals surface area contributed by atoms with E-state index in [1.807, 2.05) is 21.0 Å². The Balaban J connectivity index is 3.73. The molecule has 6 nitrogen and oxygen atoms in total. The molecule has 0 fully saturated rings. The molecule has 106 valence electrons. The van der Waals surface area contributed by atoms with Crippen molar-refractivity contribution < 1.29 is 9.53 Å². The first-order chi connectivity index (χ1) is 8.49. The molecule has 0 heterocycles. The Hall–Kier alpha value is -1.30. The summed E-state index contributed by atoms with van der Waals surface area (Å²) in [7, 11) is 3.66. The molecule has 0 aliphatic heterocycles. The number of aliphatic imine (C=N–C) groups is 1. The molecule has 0 radical (unpaired) electrons. The fraction of sp³-hybridized carbons (Fsp3) is 0.833. The molecule has 0 aliphatic rings. The Morgan fingerprint density at radius 3 is 2.61 bits per heavy atom. The molecule has 0 aromatic heterocycles. The van der Waals surface area contributed by atoms with Crippen LogP contribution < -0.4 is 11.5 Å². The molecule has 0 aromatic carbocycles. The van der Waals surface area contributed by atoms with Crippen LogP contribution in [0.3, 0.4) is 0 Å². The maximum Gasteiger partial charge on any atom is 0.322 e. The number of rotatable bonds is 8. The SMILES string of the molecule is CCCCOC(=O)C(N)CCCN=C(N)N(C)C. The van der Waals surface area contributed by atoms with Crippen LogP contribution in [0.4, 0.5) is 0 Å². The standard InChI is InChI=1S/C12H26N4O2/c1-4-5-9-18-11(17)10(13)7-6-8-15-12(14)16(2)3/h10H,4-9,13H2,1-3H3,(H2,14,15). The summed E-state index contributed by atoms with van der Waals surface area (Å²) < 4.78 is 5.03. The number of carbonyl (C=O) groups is 1. The van der Waals surface area contributed by atoms with Gasteiger partial charge in [0.15, 0.2) is 5.96 Å². The van der Waals surface area contributed by atoms with Crippen LogP contribution >= 0.6 is 0 Å². The number of hydrogen-bond donors (Lipinski definition) is 2. The van der Waals surface area contributed by atoms with E-state index in [0.29, 0.717) is 25.5 Å². The average Bonchev–Trinajstić information content (AvgIpc) is 2.33. The van der Waals surface area contributed by atoms with E-state index in [9.17, 15) is 4.79 Å². The highest BCUT2D eigenvalue weighted by molar-refractivity contribution is 5.77. The van der Waals surface area contributed by atoms with Crippen LogP contribution in [0.25, 0.3) is 0 Å². The van der Waals surface area contributed by atoms with E-state index >= 15 is 0 Å². The van der Waals surface area contributed by atoms with E-state index in [-0.39, 0.29) is 5.97 Å². The quantitative estimate of drug-likeness (QED) is 0.283. The highest BCUT2D eigenvalue weighted by atomic mass is 16.5. The first kappa shape index (κ1) is 16.7. The van der Waals surface area contributed by atoms with Gasteiger partial charge in [-0.2, -0.15) is 0 Å². The summed E-state index contributed by atoms with van der Waals surface area (Å²) >= 11 is 0. The molecule has 0 saturated heterocycles. The third-order valence-electron chi connectivity index (χ3n) is 2.45. The normalized spacial score (nSPS) is 13.2. The molecule has 6 heteroatoms. The number of hydrogen-bond acceptors (Lipinski definition) is 4. The zero-order valence-corrected chi connectivity index (χ0v) is 11.7. The third kappa shape index (κ3) is 7.89. The number of ether oxygens (including phenoxy) is 1.